The predicted octanol–water partition coefficient (Wildman–Crippen LogP) is -0.497. The van der Waals surface area contributed by atoms with Crippen molar-refractivity contribution in [3.05, 3.63) is 35.4 Å². The fourth-order valence-electron chi connectivity index (χ4n) is 2.73. The molecule has 0 saturated carbocycles. The van der Waals surface area contributed by atoms with E-state index in [9.17, 15) is 23.1 Å². The van der Waals surface area contributed by atoms with Crippen LogP contribution in [0.4, 0.5) is 0 Å². The van der Waals surface area contributed by atoms with Crippen molar-refractivity contribution in [3.8, 4) is 0 Å². The summed E-state index contributed by atoms with van der Waals surface area (Å²) in [4.78, 5) is 28.9. The van der Waals surface area contributed by atoms with Crippen molar-refractivity contribution in [2.24, 2.45) is 16.8 Å². The topological polar surface area (TPSA) is 196 Å². The molecular formula is C19H28N6O6S. The molecule has 1 amide bonds. The summed E-state index contributed by atoms with van der Waals surface area (Å²) >= 11 is 0. The number of amides is 1. The first kappa shape index (κ1) is 25.2. The molecule has 12 nitrogen and oxygen atoms in total. The van der Waals surface area contributed by atoms with Crippen LogP contribution in [0.1, 0.15) is 37.8 Å². The maximum atomic E-state index is 12.2. The zero-order valence-electron chi connectivity index (χ0n) is 17.8. The van der Waals surface area contributed by atoms with E-state index in [4.69, 9.17) is 16.0 Å². The lowest BCUT2D eigenvalue weighted by Gasteiger charge is -2.17. The van der Waals surface area contributed by atoms with E-state index in [0.29, 0.717) is 17.7 Å². The summed E-state index contributed by atoms with van der Waals surface area (Å²) in [5, 5.41) is 23.1. The molecule has 1 unspecified atom stereocenters. The predicted molar refractivity (Wildman–Crippen MR) is 117 cm³/mol. The summed E-state index contributed by atoms with van der Waals surface area (Å²) in [5.41, 5.74) is 7.41. The second kappa shape index (κ2) is 11.0. The van der Waals surface area contributed by atoms with Crippen molar-refractivity contribution < 1.29 is 28.0 Å². The summed E-state index contributed by atoms with van der Waals surface area (Å²) in [7, 11) is -4.03. The number of oxime groups is 1. The summed E-state index contributed by atoms with van der Waals surface area (Å²) in [5.74, 6) is -1.93. The quantitative estimate of drug-likeness (QED) is 0.176. The van der Waals surface area contributed by atoms with E-state index >= 15 is 0 Å². The third-order valence-electron chi connectivity index (χ3n) is 4.46. The van der Waals surface area contributed by atoms with Gasteiger partial charge in [-0.1, -0.05) is 43.3 Å². The number of aliphatic carboxylic acids is 1. The molecule has 0 saturated heterocycles. The summed E-state index contributed by atoms with van der Waals surface area (Å²) < 4.78 is 28.2. The van der Waals surface area contributed by atoms with Gasteiger partial charge in [-0.05, 0) is 11.5 Å². The number of nitrogens with two attached hydrogens (primary N) is 1. The molecule has 1 aromatic rings. The maximum Gasteiger partial charge on any atom is 0.323 e. The van der Waals surface area contributed by atoms with Gasteiger partial charge in [-0.3, -0.25) is 15.0 Å². The molecule has 0 aromatic heterocycles. The Bertz CT molecular complexity index is 977. The third kappa shape index (κ3) is 7.90. The molecule has 1 aliphatic heterocycles. The van der Waals surface area contributed by atoms with E-state index < -0.39 is 40.8 Å². The van der Waals surface area contributed by atoms with E-state index in [1.807, 2.05) is 4.72 Å². The Hall–Kier alpha value is -3.03. The van der Waals surface area contributed by atoms with E-state index in [0.717, 1.165) is 5.56 Å². The number of benzene rings is 1. The highest BCUT2D eigenvalue weighted by atomic mass is 32.2. The van der Waals surface area contributed by atoms with Gasteiger partial charge in [-0.25, -0.2) is 4.72 Å². The van der Waals surface area contributed by atoms with Gasteiger partial charge in [-0.15, -0.1) is 0 Å². The lowest BCUT2D eigenvalue weighted by Crippen LogP contribution is -2.52. The lowest BCUT2D eigenvalue weighted by atomic mass is 10.0. The average Bonchev–Trinajstić information content (AvgIpc) is 3.18. The second-order valence-electron chi connectivity index (χ2n) is 7.72. The number of carbonyl (C=O) groups is 2. The van der Waals surface area contributed by atoms with Crippen molar-refractivity contribution in [1.29, 1.82) is 5.41 Å². The molecule has 2 rings (SSSR count). The fourth-order valence-corrected chi connectivity index (χ4v) is 3.92. The summed E-state index contributed by atoms with van der Waals surface area (Å²) in [6.45, 7) is 3.33. The molecule has 1 aromatic carbocycles. The van der Waals surface area contributed by atoms with E-state index in [2.05, 4.69) is 15.2 Å². The van der Waals surface area contributed by atoms with E-state index in [1.54, 1.807) is 38.1 Å². The molecule has 7 N–H and O–H groups in total. The molecule has 2 atom stereocenters. The van der Waals surface area contributed by atoms with Crippen molar-refractivity contribution >= 4 is 33.6 Å². The summed E-state index contributed by atoms with van der Waals surface area (Å²) in [6.07, 6.45) is -0.255. The van der Waals surface area contributed by atoms with Gasteiger partial charge in [0, 0.05) is 25.1 Å². The smallest absolute Gasteiger partial charge is 0.323 e. The molecule has 0 bridgehead atoms. The van der Waals surface area contributed by atoms with Gasteiger partial charge in [0.1, 0.15) is 18.0 Å². The van der Waals surface area contributed by atoms with Crippen LogP contribution in [-0.4, -0.2) is 62.2 Å². The Morgan fingerprint density at radius 2 is 1.94 bits per heavy atom. The number of nitrogen functional groups attached to an aromatic ring is 1. The number of carbonyl (C=O) groups excluding carboxylic acids is 1. The number of carboxylic acid groups (broad SMARTS) is 1. The van der Waals surface area contributed by atoms with Crippen LogP contribution in [0.5, 0.6) is 0 Å². The Labute approximate surface area is 186 Å². The Morgan fingerprint density at radius 1 is 1.28 bits per heavy atom. The zero-order valence-corrected chi connectivity index (χ0v) is 18.6. The van der Waals surface area contributed by atoms with Gasteiger partial charge < -0.3 is 21.0 Å². The number of nitrogens with zero attached hydrogens (tertiary/aromatic N) is 1. The second-order valence-corrected chi connectivity index (χ2v) is 9.25. The largest absolute Gasteiger partial charge is 0.480 e. The van der Waals surface area contributed by atoms with Crippen LogP contribution >= 0.6 is 0 Å². The van der Waals surface area contributed by atoms with Gasteiger partial charge >= 0.3 is 5.97 Å². The normalized spacial score (nSPS) is 16.8. The van der Waals surface area contributed by atoms with Gasteiger partial charge in [0.15, 0.2) is 0 Å². The first-order valence-electron chi connectivity index (χ1n) is 9.90. The molecule has 176 valence electrons. The van der Waals surface area contributed by atoms with Crippen molar-refractivity contribution in [2.45, 2.75) is 38.8 Å². The minimum absolute atomic E-state index is 0.0418. The van der Waals surface area contributed by atoms with Crippen molar-refractivity contribution in [2.75, 3.05) is 13.1 Å². The molecule has 0 radical (unpaired) electrons. The number of hydrogen-bond acceptors (Lipinski definition) is 7. The molecule has 1 aliphatic rings. The summed E-state index contributed by atoms with van der Waals surface area (Å²) in [6, 6.07) is 5.34. The highest BCUT2D eigenvalue weighted by Gasteiger charge is 2.27. The average molecular weight is 469 g/mol. The van der Waals surface area contributed by atoms with Crippen LogP contribution in [0, 0.1) is 11.3 Å². The van der Waals surface area contributed by atoms with Gasteiger partial charge in [0.25, 0.3) is 10.2 Å². The fraction of sp³-hybridized carbons (Fsp3) is 0.474. The third-order valence-corrected chi connectivity index (χ3v) is 5.60. The van der Waals surface area contributed by atoms with Crippen LogP contribution < -0.4 is 20.5 Å². The van der Waals surface area contributed by atoms with E-state index in [1.165, 1.54) is 0 Å². The van der Waals surface area contributed by atoms with E-state index in [-0.39, 0.29) is 24.7 Å². The van der Waals surface area contributed by atoms with Crippen LogP contribution in [0.15, 0.2) is 29.4 Å². The lowest BCUT2D eigenvalue weighted by molar-refractivity contribution is -0.139. The molecule has 0 aliphatic carbocycles. The van der Waals surface area contributed by atoms with Crippen molar-refractivity contribution in [3.63, 3.8) is 0 Å². The highest BCUT2D eigenvalue weighted by molar-refractivity contribution is 7.87. The standard InChI is InChI=1S/C19H28N6O6S/c1-11(2)9-23-32(29,30)25-16(19(27)28)10-22-17(26)8-14-7-15(24-31-14)12-3-5-13(6-4-12)18(20)21/h3-6,11,14,16,23,25H,7-10H2,1-2H3,(H3,20,21)(H,22,26)(H,27,28)/t14?,16-/m0/s1. The molecule has 0 spiro atoms. The number of carboxylic acids is 1. The van der Waals surface area contributed by atoms with Crippen LogP contribution in [0.3, 0.4) is 0 Å². The monoisotopic (exact) mass is 468 g/mol. The number of hydrogen-bond donors (Lipinski definition) is 6. The molecule has 13 heteroatoms. The number of amidine groups is 1. The maximum absolute atomic E-state index is 12.2. The van der Waals surface area contributed by atoms with Crippen molar-refractivity contribution in [1.82, 2.24) is 14.8 Å². The molecule has 1 heterocycles. The van der Waals surface area contributed by atoms with Crippen LogP contribution in [0.2, 0.25) is 0 Å². The zero-order chi connectivity index (χ0) is 23.9. The van der Waals surface area contributed by atoms with Gasteiger partial charge in [-0.2, -0.15) is 13.1 Å². The Balaban J connectivity index is 1.83. The number of nitrogens with one attached hydrogen (secondary N) is 4. The van der Waals surface area contributed by atoms with Crippen LogP contribution in [0.25, 0.3) is 0 Å². The first-order valence-corrected chi connectivity index (χ1v) is 11.4. The minimum atomic E-state index is -4.03. The number of rotatable bonds is 12. The molecule has 32 heavy (non-hydrogen) atoms. The van der Waals surface area contributed by atoms with Gasteiger partial charge in [0.2, 0.25) is 5.91 Å². The molecule has 0 fully saturated rings. The minimum Gasteiger partial charge on any atom is -0.480 e. The molecular weight excluding hydrogens is 440 g/mol. The van der Waals surface area contributed by atoms with Crippen LogP contribution in [-0.2, 0) is 24.6 Å². The Morgan fingerprint density at radius 3 is 2.50 bits per heavy atom. The SMILES string of the molecule is CC(C)CNS(=O)(=O)N[C@@H](CNC(=O)CC1CC(c2ccc(C(=N)N)cc2)=NO1)C(=O)O. The Kier molecular flexibility index (Phi) is 8.69. The first-order chi connectivity index (χ1) is 15.0. The van der Waals surface area contributed by atoms with Gasteiger partial charge in [0.05, 0.1) is 12.1 Å². The highest BCUT2D eigenvalue weighted by Crippen LogP contribution is 2.19.